The first-order valence-electron chi connectivity index (χ1n) is 5.93. The zero-order valence-electron chi connectivity index (χ0n) is 10.8. The Balaban J connectivity index is 2.47. The number of rotatable bonds is 6. The molecule has 0 aromatic heterocycles. The van der Waals surface area contributed by atoms with Crippen LogP contribution in [0.4, 0.5) is 0 Å². The number of hydrogen-bond acceptors (Lipinski definition) is 3. The minimum absolute atomic E-state index is 0.264. The molecule has 0 bridgehead atoms. The van der Waals surface area contributed by atoms with Crippen LogP contribution in [0.1, 0.15) is 26.3 Å². The average molecular weight is 235 g/mol. The fourth-order valence-electron chi connectivity index (χ4n) is 1.54. The Morgan fingerprint density at radius 1 is 1.24 bits per heavy atom. The standard InChI is InChI=1S/C14H21NO2/c1-14(2,3)17-15(11-12-16)10-9-13-7-5-4-6-8-13/h4-8,12H,9-11H2,1-3H3. The topological polar surface area (TPSA) is 29.5 Å². The second-order valence-corrected chi connectivity index (χ2v) is 4.99. The molecule has 0 unspecified atom stereocenters. The van der Waals surface area contributed by atoms with E-state index >= 15 is 0 Å². The van der Waals surface area contributed by atoms with Gasteiger partial charge in [0.05, 0.1) is 12.1 Å². The molecule has 1 aromatic carbocycles. The van der Waals surface area contributed by atoms with Gasteiger partial charge >= 0.3 is 0 Å². The van der Waals surface area contributed by atoms with Crippen LogP contribution in [0, 0.1) is 0 Å². The Kier molecular flexibility index (Phi) is 5.32. The molecule has 3 nitrogen and oxygen atoms in total. The number of hydrogen-bond donors (Lipinski definition) is 0. The van der Waals surface area contributed by atoms with Gasteiger partial charge in [0.15, 0.2) is 0 Å². The molecule has 0 saturated heterocycles. The first-order valence-corrected chi connectivity index (χ1v) is 5.93. The molecule has 3 heteroatoms. The van der Waals surface area contributed by atoms with Gasteiger partial charge in [-0.2, -0.15) is 5.06 Å². The van der Waals surface area contributed by atoms with Gasteiger partial charge in [0, 0.05) is 6.54 Å². The molecule has 1 aromatic rings. The minimum atomic E-state index is -0.264. The number of hydroxylamine groups is 2. The number of carbonyl (C=O) groups is 1. The Hall–Kier alpha value is -1.19. The molecule has 0 saturated carbocycles. The van der Waals surface area contributed by atoms with Crippen LogP contribution in [0.5, 0.6) is 0 Å². The largest absolute Gasteiger partial charge is 0.302 e. The van der Waals surface area contributed by atoms with Gasteiger partial charge in [0.1, 0.15) is 6.29 Å². The number of benzene rings is 1. The second-order valence-electron chi connectivity index (χ2n) is 4.99. The molecular formula is C14H21NO2. The van der Waals surface area contributed by atoms with Crippen molar-refractivity contribution in [3.05, 3.63) is 35.9 Å². The van der Waals surface area contributed by atoms with Crippen molar-refractivity contribution in [1.29, 1.82) is 0 Å². The molecule has 0 spiro atoms. The molecule has 0 radical (unpaired) electrons. The average Bonchev–Trinajstić information content (AvgIpc) is 2.26. The molecule has 1 rings (SSSR count). The summed E-state index contributed by atoms with van der Waals surface area (Å²) in [5, 5.41) is 1.72. The Morgan fingerprint density at radius 3 is 2.41 bits per heavy atom. The molecule has 17 heavy (non-hydrogen) atoms. The molecule has 0 N–H and O–H groups in total. The fraction of sp³-hybridized carbons (Fsp3) is 0.500. The van der Waals surface area contributed by atoms with E-state index in [-0.39, 0.29) is 5.60 Å². The van der Waals surface area contributed by atoms with E-state index in [4.69, 9.17) is 4.84 Å². The van der Waals surface area contributed by atoms with Gasteiger partial charge in [-0.25, -0.2) is 0 Å². The van der Waals surface area contributed by atoms with Crippen molar-refractivity contribution >= 4 is 6.29 Å². The van der Waals surface area contributed by atoms with Crippen molar-refractivity contribution in [2.45, 2.75) is 32.8 Å². The highest BCUT2D eigenvalue weighted by Crippen LogP contribution is 2.10. The molecule has 0 fully saturated rings. The third kappa shape index (κ3) is 6.19. The number of carbonyl (C=O) groups excluding carboxylic acids is 1. The summed E-state index contributed by atoms with van der Waals surface area (Å²) >= 11 is 0. The van der Waals surface area contributed by atoms with Gasteiger partial charge in [0.25, 0.3) is 0 Å². The van der Waals surface area contributed by atoms with Crippen LogP contribution >= 0.6 is 0 Å². The van der Waals surface area contributed by atoms with Crippen molar-refractivity contribution in [1.82, 2.24) is 5.06 Å². The summed E-state index contributed by atoms with van der Waals surface area (Å²) in [6.07, 6.45) is 1.75. The molecule has 0 heterocycles. The van der Waals surface area contributed by atoms with Crippen LogP contribution in [0.3, 0.4) is 0 Å². The van der Waals surface area contributed by atoms with Crippen molar-refractivity contribution in [2.75, 3.05) is 13.1 Å². The maximum Gasteiger partial charge on any atom is 0.136 e. The van der Waals surface area contributed by atoms with Crippen LogP contribution in [-0.4, -0.2) is 30.0 Å². The van der Waals surface area contributed by atoms with Crippen LogP contribution in [0.2, 0.25) is 0 Å². The predicted octanol–water partition coefficient (Wildman–Crippen LogP) is 2.46. The predicted molar refractivity (Wildman–Crippen MR) is 68.6 cm³/mol. The lowest BCUT2D eigenvalue weighted by Crippen LogP contribution is -2.36. The molecule has 0 aliphatic heterocycles. The molecule has 0 aliphatic carbocycles. The SMILES string of the molecule is CC(C)(C)ON(CC=O)CCc1ccccc1. The first kappa shape index (κ1) is 13.9. The molecule has 0 aliphatic rings. The minimum Gasteiger partial charge on any atom is -0.302 e. The summed E-state index contributed by atoms with van der Waals surface area (Å²) in [6, 6.07) is 10.2. The van der Waals surface area contributed by atoms with Crippen LogP contribution in [-0.2, 0) is 16.1 Å². The molecule has 0 atom stereocenters. The molecular weight excluding hydrogens is 214 g/mol. The van der Waals surface area contributed by atoms with E-state index < -0.39 is 0 Å². The highest BCUT2D eigenvalue weighted by atomic mass is 16.7. The van der Waals surface area contributed by atoms with E-state index in [0.717, 1.165) is 19.3 Å². The Labute approximate surface area is 103 Å². The summed E-state index contributed by atoms with van der Waals surface area (Å²) < 4.78 is 0. The maximum atomic E-state index is 10.6. The highest BCUT2D eigenvalue weighted by Gasteiger charge is 2.16. The molecule has 0 amide bonds. The van der Waals surface area contributed by atoms with E-state index in [9.17, 15) is 4.79 Å². The van der Waals surface area contributed by atoms with Crippen LogP contribution in [0.25, 0.3) is 0 Å². The van der Waals surface area contributed by atoms with Gasteiger partial charge in [0.2, 0.25) is 0 Å². The summed E-state index contributed by atoms with van der Waals surface area (Å²) in [7, 11) is 0. The lowest BCUT2D eigenvalue weighted by Gasteiger charge is -2.28. The van der Waals surface area contributed by atoms with Gasteiger partial charge in [-0.3, -0.25) is 4.84 Å². The fourth-order valence-corrected chi connectivity index (χ4v) is 1.54. The maximum absolute atomic E-state index is 10.6. The van der Waals surface area contributed by atoms with Gasteiger partial charge in [-0.05, 0) is 32.8 Å². The van der Waals surface area contributed by atoms with Crippen LogP contribution in [0.15, 0.2) is 30.3 Å². The zero-order chi connectivity index (χ0) is 12.7. The smallest absolute Gasteiger partial charge is 0.136 e. The monoisotopic (exact) mass is 235 g/mol. The first-order chi connectivity index (χ1) is 8.01. The summed E-state index contributed by atoms with van der Waals surface area (Å²) in [5.74, 6) is 0. The molecule has 94 valence electrons. The number of nitrogens with zero attached hydrogens (tertiary/aromatic N) is 1. The number of aldehydes is 1. The van der Waals surface area contributed by atoms with Crippen molar-refractivity contribution in [2.24, 2.45) is 0 Å². The summed E-state index contributed by atoms with van der Waals surface area (Å²) in [4.78, 5) is 16.3. The van der Waals surface area contributed by atoms with Crippen molar-refractivity contribution in [3.63, 3.8) is 0 Å². The normalized spacial score (nSPS) is 11.8. The second kappa shape index (κ2) is 6.52. The zero-order valence-corrected chi connectivity index (χ0v) is 10.8. The van der Waals surface area contributed by atoms with Crippen LogP contribution < -0.4 is 0 Å². The summed E-state index contributed by atoms with van der Waals surface area (Å²) in [5.41, 5.74) is 0.987. The third-order valence-corrected chi connectivity index (χ3v) is 2.17. The van der Waals surface area contributed by atoms with Crippen molar-refractivity contribution in [3.8, 4) is 0 Å². The van der Waals surface area contributed by atoms with Gasteiger partial charge in [-0.1, -0.05) is 30.3 Å². The van der Waals surface area contributed by atoms with E-state index in [2.05, 4.69) is 12.1 Å². The van der Waals surface area contributed by atoms with Gasteiger partial charge < -0.3 is 4.79 Å². The van der Waals surface area contributed by atoms with E-state index in [1.54, 1.807) is 5.06 Å². The van der Waals surface area contributed by atoms with Crippen molar-refractivity contribution < 1.29 is 9.63 Å². The summed E-state index contributed by atoms with van der Waals surface area (Å²) in [6.45, 7) is 6.97. The highest BCUT2D eigenvalue weighted by molar-refractivity contribution is 5.51. The Bertz CT molecular complexity index is 330. The quantitative estimate of drug-likeness (QED) is 0.560. The lowest BCUT2D eigenvalue weighted by atomic mass is 10.1. The Morgan fingerprint density at radius 2 is 1.88 bits per heavy atom. The van der Waals surface area contributed by atoms with E-state index in [1.165, 1.54) is 5.56 Å². The van der Waals surface area contributed by atoms with Gasteiger partial charge in [-0.15, -0.1) is 0 Å². The third-order valence-electron chi connectivity index (χ3n) is 2.17. The lowest BCUT2D eigenvalue weighted by molar-refractivity contribution is -0.224. The van der Waals surface area contributed by atoms with E-state index in [1.807, 2.05) is 39.0 Å². The van der Waals surface area contributed by atoms with E-state index in [0.29, 0.717) is 6.54 Å².